The van der Waals surface area contributed by atoms with Gasteiger partial charge in [0.15, 0.2) is 0 Å². The first-order valence-electron chi connectivity index (χ1n) is 5.80. The first-order valence-corrected chi connectivity index (χ1v) is 7.24. The van der Waals surface area contributed by atoms with Crippen LogP contribution in [0.3, 0.4) is 0 Å². The predicted molar refractivity (Wildman–Crippen MR) is 56.1 cm³/mol. The molecule has 0 saturated heterocycles. The molecule has 0 bridgehead atoms. The van der Waals surface area contributed by atoms with E-state index in [-0.39, 0.29) is 0 Å². The summed E-state index contributed by atoms with van der Waals surface area (Å²) in [5, 5.41) is -7.40. The van der Waals surface area contributed by atoms with E-state index in [0.717, 1.165) is 0 Å². The largest absolute Gasteiger partial charge is 0.438 e. The zero-order valence-corrected chi connectivity index (χ0v) is 12.4. The van der Waals surface area contributed by atoms with Crippen molar-refractivity contribution in [1.29, 1.82) is 0 Å². The minimum absolute atomic E-state index is 0.696. The zero-order chi connectivity index (χ0) is 20.9. The Morgan fingerprint density at radius 1 is 0.680 bits per heavy atom. The summed E-state index contributed by atoms with van der Waals surface area (Å²) in [5.74, 6) is -37.1. The molecular weight excluding hydrogens is 416 g/mol. The van der Waals surface area contributed by atoms with Gasteiger partial charge in [-0.25, -0.2) is 0 Å². The second kappa shape index (κ2) is 6.06. The van der Waals surface area contributed by atoms with E-state index < -0.39 is 57.8 Å². The third-order valence-electron chi connectivity index (χ3n) is 2.90. The third-order valence-corrected chi connectivity index (χ3v) is 3.80. The van der Waals surface area contributed by atoms with Gasteiger partial charge in [0.05, 0.1) is 0 Å². The molecule has 0 fully saturated rings. The third kappa shape index (κ3) is 3.14. The summed E-state index contributed by atoms with van der Waals surface area (Å²) >= 11 is 0. The maximum atomic E-state index is 13.1. The molecule has 0 unspecified atom stereocenters. The van der Waals surface area contributed by atoms with Crippen LogP contribution in [0.2, 0.25) is 0 Å². The molecule has 0 aromatic rings. The van der Waals surface area contributed by atoms with Crippen LogP contribution in [-0.2, 0) is 10.1 Å². The summed E-state index contributed by atoms with van der Waals surface area (Å²) < 4.78 is 184. The van der Waals surface area contributed by atoms with E-state index in [4.69, 9.17) is 4.55 Å². The highest BCUT2D eigenvalue weighted by molar-refractivity contribution is 7.87. The van der Waals surface area contributed by atoms with Crippen molar-refractivity contribution in [1.82, 2.24) is 0 Å². The van der Waals surface area contributed by atoms with Gasteiger partial charge in [0.25, 0.3) is 0 Å². The Hall–Kier alpha value is -0.930. The molecule has 0 aromatic heterocycles. The van der Waals surface area contributed by atoms with Gasteiger partial charge in [0, 0.05) is 6.42 Å². The van der Waals surface area contributed by atoms with E-state index in [2.05, 4.69) is 0 Å². The lowest BCUT2D eigenvalue weighted by molar-refractivity contribution is -0.417. The second-order valence-electron chi connectivity index (χ2n) is 4.74. The van der Waals surface area contributed by atoms with E-state index in [1.54, 1.807) is 0 Å². The summed E-state index contributed by atoms with van der Waals surface area (Å²) in [4.78, 5) is 0. The number of alkyl halides is 12. The Bertz CT molecular complexity index is 597. The minimum Gasteiger partial charge on any atom is -0.281 e. The lowest BCUT2D eigenvalue weighted by Gasteiger charge is -2.40. The van der Waals surface area contributed by atoms with Crippen LogP contribution < -0.4 is 0 Å². The molecule has 0 atom stereocenters. The van der Waals surface area contributed by atoms with Crippen molar-refractivity contribution >= 4 is 10.1 Å². The fraction of sp³-hybridized carbons (Fsp3) is 1.00. The van der Waals surface area contributed by atoms with Crippen LogP contribution >= 0.6 is 0 Å². The first kappa shape index (κ1) is 24.1. The van der Waals surface area contributed by atoms with Crippen molar-refractivity contribution < 1.29 is 65.7 Å². The van der Waals surface area contributed by atoms with E-state index >= 15 is 0 Å². The summed E-state index contributed by atoms with van der Waals surface area (Å²) in [6.45, 7) is 0.696. The minimum atomic E-state index is -8.01. The average molecular weight is 424 g/mol. The first-order chi connectivity index (χ1) is 10.6. The molecule has 3 nitrogen and oxygen atoms in total. The Morgan fingerprint density at radius 2 is 1.00 bits per heavy atom. The lowest BCUT2D eigenvalue weighted by Crippen LogP contribution is -2.71. The van der Waals surface area contributed by atoms with Crippen LogP contribution in [0, 0.1) is 0 Å². The van der Waals surface area contributed by atoms with Gasteiger partial charge in [-0.15, -0.1) is 0 Å². The van der Waals surface area contributed by atoms with Crippen molar-refractivity contribution in [3.63, 3.8) is 0 Å². The summed E-state index contributed by atoms with van der Waals surface area (Å²) in [6, 6.07) is 0. The van der Waals surface area contributed by atoms with Gasteiger partial charge in [-0.3, -0.25) is 4.55 Å². The summed E-state index contributed by atoms with van der Waals surface area (Å²) in [5.41, 5.74) is 0. The molecule has 0 heterocycles. The van der Waals surface area contributed by atoms with E-state index in [1.165, 1.54) is 0 Å². The molecule has 0 saturated carbocycles. The molecule has 0 amide bonds. The van der Waals surface area contributed by atoms with Gasteiger partial charge in [-0.2, -0.15) is 61.1 Å². The molecule has 1 N–H and O–H groups in total. The van der Waals surface area contributed by atoms with Crippen LogP contribution in [0.5, 0.6) is 0 Å². The van der Waals surface area contributed by atoms with E-state index in [9.17, 15) is 61.1 Å². The molecule has 152 valence electrons. The standard InChI is InChI=1S/C9H8F12O3S/c1-2-3-4(10,11)5(12,13)6(14,15)7(16,17)8(18,19)9(20,21)25(22,23)24/h2-3H2,1H3,(H,22,23,24). The molecule has 0 aliphatic rings. The highest BCUT2D eigenvalue weighted by Crippen LogP contribution is 2.61. The number of hydrogen-bond acceptors (Lipinski definition) is 2. The molecule has 0 aliphatic carbocycles. The fourth-order valence-corrected chi connectivity index (χ4v) is 1.89. The second-order valence-corrected chi connectivity index (χ2v) is 6.21. The van der Waals surface area contributed by atoms with Gasteiger partial charge < -0.3 is 0 Å². The normalized spacial score (nSPS) is 16.2. The van der Waals surface area contributed by atoms with Crippen LogP contribution in [0.25, 0.3) is 0 Å². The van der Waals surface area contributed by atoms with Crippen LogP contribution in [0.1, 0.15) is 19.8 Å². The number of rotatable bonds is 8. The Morgan fingerprint density at radius 3 is 1.28 bits per heavy atom. The van der Waals surface area contributed by atoms with Gasteiger partial charge in [0.1, 0.15) is 0 Å². The van der Waals surface area contributed by atoms with Crippen molar-refractivity contribution in [2.24, 2.45) is 0 Å². The van der Waals surface area contributed by atoms with Crippen LogP contribution in [0.4, 0.5) is 52.7 Å². The highest BCUT2D eigenvalue weighted by atomic mass is 32.2. The van der Waals surface area contributed by atoms with Crippen molar-refractivity contribution in [3.05, 3.63) is 0 Å². The van der Waals surface area contributed by atoms with Crippen molar-refractivity contribution in [3.8, 4) is 0 Å². The number of hydrogen-bond donors (Lipinski definition) is 1. The van der Waals surface area contributed by atoms with Gasteiger partial charge in [-0.05, 0) is 0 Å². The van der Waals surface area contributed by atoms with E-state index in [0.29, 0.717) is 6.92 Å². The SMILES string of the molecule is CCCC(F)(F)C(F)(F)C(F)(F)C(F)(F)C(F)(F)C(F)(F)S(=O)(=O)O. The average Bonchev–Trinajstić information content (AvgIpc) is 2.35. The highest BCUT2D eigenvalue weighted by Gasteiger charge is 2.91. The maximum absolute atomic E-state index is 13.1. The predicted octanol–water partition coefficient (Wildman–Crippen LogP) is 4.44. The Kier molecular flexibility index (Phi) is 5.83. The Balaban J connectivity index is 6.49. The molecule has 25 heavy (non-hydrogen) atoms. The molecule has 0 aliphatic heterocycles. The molecule has 0 rings (SSSR count). The fourth-order valence-electron chi connectivity index (χ4n) is 1.44. The quantitative estimate of drug-likeness (QED) is 0.463. The lowest BCUT2D eigenvalue weighted by atomic mass is 9.92. The van der Waals surface area contributed by atoms with Gasteiger partial charge in [-0.1, -0.05) is 13.3 Å². The molecular formula is C9H8F12O3S. The maximum Gasteiger partial charge on any atom is 0.438 e. The molecule has 16 heteroatoms. The Labute approximate surface area is 131 Å². The number of halogens is 12. The molecule has 0 radical (unpaired) electrons. The zero-order valence-electron chi connectivity index (χ0n) is 11.6. The summed E-state index contributed by atoms with van der Waals surface area (Å²) in [6.07, 6.45) is -3.24. The topological polar surface area (TPSA) is 54.4 Å². The van der Waals surface area contributed by atoms with Crippen LogP contribution in [-0.4, -0.2) is 47.8 Å². The van der Waals surface area contributed by atoms with Gasteiger partial charge in [0.2, 0.25) is 0 Å². The summed E-state index contributed by atoms with van der Waals surface area (Å²) in [7, 11) is -7.52. The molecule has 0 spiro atoms. The van der Waals surface area contributed by atoms with Crippen molar-refractivity contribution in [2.75, 3.05) is 0 Å². The van der Waals surface area contributed by atoms with Crippen molar-refractivity contribution in [2.45, 2.75) is 54.6 Å². The smallest absolute Gasteiger partial charge is 0.281 e. The van der Waals surface area contributed by atoms with E-state index in [1.807, 2.05) is 0 Å². The van der Waals surface area contributed by atoms with Crippen LogP contribution in [0.15, 0.2) is 0 Å². The van der Waals surface area contributed by atoms with Gasteiger partial charge >= 0.3 is 45.0 Å². The monoisotopic (exact) mass is 424 g/mol. The molecule has 0 aromatic carbocycles.